The van der Waals surface area contributed by atoms with E-state index >= 15 is 0 Å². The number of hydrogen-bond donors (Lipinski definition) is 2. The number of hydrogen-bond acceptors (Lipinski definition) is 2. The second kappa shape index (κ2) is 4.74. The molecule has 0 fully saturated rings. The highest BCUT2D eigenvalue weighted by Crippen LogP contribution is 2.12. The van der Waals surface area contributed by atoms with E-state index in [0.717, 1.165) is 0 Å². The maximum absolute atomic E-state index is 9.53. The maximum Gasteiger partial charge on any atom is 0.122 e. The Kier molecular flexibility index (Phi) is 4.60. The molecule has 1 atom stereocenters. The zero-order valence-electron chi connectivity index (χ0n) is 8.76. The van der Waals surface area contributed by atoms with Crippen LogP contribution in [0.2, 0.25) is 0 Å². The van der Waals surface area contributed by atoms with Crippen LogP contribution in [0.5, 0.6) is 0 Å². The van der Waals surface area contributed by atoms with Crippen molar-refractivity contribution in [2.45, 2.75) is 44.5 Å². The molecule has 1 nitrogen and oxygen atoms in total. The van der Waals surface area contributed by atoms with Crippen LogP contribution >= 0.6 is 12.6 Å². The molecule has 74 valence electrons. The Labute approximate surface area is 86.6 Å². The largest absolute Gasteiger partial charge is 0.378 e. The van der Waals surface area contributed by atoms with E-state index in [4.69, 9.17) is 0 Å². The van der Waals surface area contributed by atoms with Gasteiger partial charge in [-0.3, -0.25) is 0 Å². The molecule has 0 aromatic carbocycles. The molecular formula is C11H18OS. The van der Waals surface area contributed by atoms with E-state index in [1.165, 1.54) is 0 Å². The molecule has 0 saturated carbocycles. The average Bonchev–Trinajstić information content (AvgIpc) is 1.97. The summed E-state index contributed by atoms with van der Waals surface area (Å²) in [7, 11) is 0. The molecule has 1 N–H and O–H groups in total. The highest BCUT2D eigenvalue weighted by Gasteiger charge is 2.11. The normalized spacial score (nSPS) is 16.5. The zero-order chi connectivity index (χ0) is 10.5. The van der Waals surface area contributed by atoms with E-state index in [1.54, 1.807) is 13.0 Å². The molecular weight excluding hydrogens is 180 g/mol. The molecule has 0 aliphatic heterocycles. The molecule has 0 heterocycles. The van der Waals surface area contributed by atoms with Gasteiger partial charge in [0, 0.05) is 4.75 Å². The smallest absolute Gasteiger partial charge is 0.122 e. The van der Waals surface area contributed by atoms with Crippen LogP contribution in [0.15, 0.2) is 12.2 Å². The summed E-state index contributed by atoms with van der Waals surface area (Å²) in [5.74, 6) is 5.57. The Morgan fingerprint density at radius 2 is 1.92 bits per heavy atom. The van der Waals surface area contributed by atoms with Gasteiger partial charge < -0.3 is 5.11 Å². The van der Waals surface area contributed by atoms with Crippen molar-refractivity contribution in [2.75, 3.05) is 0 Å². The van der Waals surface area contributed by atoms with Gasteiger partial charge in [-0.1, -0.05) is 24.8 Å². The standard InChI is InChI=1S/C11H18OS/c1-5-11(4,12)9-7-6-8-10(2,3)13/h6,8,12-13H,5H2,1-4H3/b8-6+. The van der Waals surface area contributed by atoms with Crippen LogP contribution in [0.25, 0.3) is 0 Å². The lowest BCUT2D eigenvalue weighted by Crippen LogP contribution is -2.19. The topological polar surface area (TPSA) is 20.2 Å². The summed E-state index contributed by atoms with van der Waals surface area (Å²) in [6, 6.07) is 0. The second-order valence-corrected chi connectivity index (χ2v) is 5.04. The van der Waals surface area contributed by atoms with E-state index in [-0.39, 0.29) is 4.75 Å². The third-order valence-corrected chi connectivity index (χ3v) is 1.75. The molecule has 0 rings (SSSR count). The van der Waals surface area contributed by atoms with Crippen molar-refractivity contribution < 1.29 is 5.11 Å². The Hall–Kier alpha value is -0.390. The fourth-order valence-corrected chi connectivity index (χ4v) is 0.606. The van der Waals surface area contributed by atoms with Crippen LogP contribution in [0.1, 0.15) is 34.1 Å². The molecule has 0 aromatic heterocycles. The van der Waals surface area contributed by atoms with Crippen LogP contribution in [0.4, 0.5) is 0 Å². The molecule has 1 unspecified atom stereocenters. The SMILES string of the molecule is CCC(C)(O)C#C/C=C/C(C)(C)S. The number of rotatable bonds is 2. The molecule has 13 heavy (non-hydrogen) atoms. The summed E-state index contributed by atoms with van der Waals surface area (Å²) in [5.41, 5.74) is -0.870. The van der Waals surface area contributed by atoms with Gasteiger partial charge in [-0.05, 0) is 33.3 Å². The average molecular weight is 198 g/mol. The van der Waals surface area contributed by atoms with Gasteiger partial charge in [0.1, 0.15) is 5.60 Å². The molecule has 0 aromatic rings. The predicted molar refractivity (Wildman–Crippen MR) is 60.9 cm³/mol. The minimum Gasteiger partial charge on any atom is -0.378 e. The van der Waals surface area contributed by atoms with Crippen molar-refractivity contribution in [1.82, 2.24) is 0 Å². The molecule has 0 radical (unpaired) electrons. The van der Waals surface area contributed by atoms with Crippen molar-refractivity contribution >= 4 is 12.6 Å². The van der Waals surface area contributed by atoms with E-state index < -0.39 is 5.60 Å². The van der Waals surface area contributed by atoms with Gasteiger partial charge in [-0.15, -0.1) is 0 Å². The Morgan fingerprint density at radius 3 is 2.31 bits per heavy atom. The number of allylic oxidation sites excluding steroid dienone is 1. The van der Waals surface area contributed by atoms with E-state index in [1.807, 2.05) is 26.8 Å². The first-order valence-corrected chi connectivity index (χ1v) is 4.87. The third kappa shape index (κ3) is 7.95. The van der Waals surface area contributed by atoms with Gasteiger partial charge >= 0.3 is 0 Å². The fourth-order valence-electron chi connectivity index (χ4n) is 0.531. The zero-order valence-corrected chi connectivity index (χ0v) is 9.65. The lowest BCUT2D eigenvalue weighted by Gasteiger charge is -2.11. The Bertz CT molecular complexity index is 235. The first-order chi connectivity index (χ1) is 5.77. The lowest BCUT2D eigenvalue weighted by atomic mass is 10.1. The highest BCUT2D eigenvalue weighted by atomic mass is 32.1. The van der Waals surface area contributed by atoms with Crippen molar-refractivity contribution in [1.29, 1.82) is 0 Å². The first-order valence-electron chi connectivity index (χ1n) is 4.42. The molecule has 0 saturated heterocycles. The fraction of sp³-hybridized carbons (Fsp3) is 0.636. The van der Waals surface area contributed by atoms with E-state index in [9.17, 15) is 5.11 Å². The molecule has 0 aliphatic rings. The summed E-state index contributed by atoms with van der Waals surface area (Å²) in [6.45, 7) is 7.57. The van der Waals surface area contributed by atoms with Crippen molar-refractivity contribution in [3.05, 3.63) is 12.2 Å². The van der Waals surface area contributed by atoms with Crippen molar-refractivity contribution in [3.63, 3.8) is 0 Å². The molecule has 2 heteroatoms. The van der Waals surface area contributed by atoms with Gasteiger partial charge in [0.05, 0.1) is 0 Å². The van der Waals surface area contributed by atoms with Crippen LogP contribution in [0, 0.1) is 11.8 Å². The summed E-state index contributed by atoms with van der Waals surface area (Å²) in [4.78, 5) is 0. The molecule has 0 spiro atoms. The van der Waals surface area contributed by atoms with E-state index in [0.29, 0.717) is 6.42 Å². The third-order valence-electron chi connectivity index (χ3n) is 1.60. The minimum absolute atomic E-state index is 0.146. The first kappa shape index (κ1) is 12.6. The maximum atomic E-state index is 9.53. The van der Waals surface area contributed by atoms with Gasteiger partial charge in [0.2, 0.25) is 0 Å². The van der Waals surface area contributed by atoms with Crippen LogP contribution in [-0.2, 0) is 0 Å². The van der Waals surface area contributed by atoms with Crippen LogP contribution < -0.4 is 0 Å². The summed E-state index contributed by atoms with van der Waals surface area (Å²) in [6.07, 6.45) is 4.27. The van der Waals surface area contributed by atoms with Crippen LogP contribution in [-0.4, -0.2) is 15.5 Å². The predicted octanol–water partition coefficient (Wildman–Crippen LogP) is 2.42. The Balaban J connectivity index is 4.23. The van der Waals surface area contributed by atoms with Gasteiger partial charge in [-0.25, -0.2) is 0 Å². The summed E-state index contributed by atoms with van der Waals surface area (Å²) < 4.78 is -0.146. The number of thiol groups is 1. The van der Waals surface area contributed by atoms with Gasteiger partial charge in [0.25, 0.3) is 0 Å². The molecule has 0 amide bonds. The van der Waals surface area contributed by atoms with Gasteiger partial charge in [-0.2, -0.15) is 12.6 Å². The van der Waals surface area contributed by atoms with Crippen LogP contribution in [0.3, 0.4) is 0 Å². The second-order valence-electron chi connectivity index (χ2n) is 3.88. The van der Waals surface area contributed by atoms with Gasteiger partial charge in [0.15, 0.2) is 0 Å². The summed E-state index contributed by atoms with van der Waals surface area (Å²) >= 11 is 4.31. The van der Waals surface area contributed by atoms with E-state index in [2.05, 4.69) is 24.5 Å². The lowest BCUT2D eigenvalue weighted by molar-refractivity contribution is 0.118. The van der Waals surface area contributed by atoms with Crippen molar-refractivity contribution in [3.8, 4) is 11.8 Å². The summed E-state index contributed by atoms with van der Waals surface area (Å²) in [5, 5.41) is 9.53. The quantitative estimate of drug-likeness (QED) is 0.516. The Morgan fingerprint density at radius 1 is 1.38 bits per heavy atom. The monoisotopic (exact) mass is 198 g/mol. The highest BCUT2D eigenvalue weighted by molar-refractivity contribution is 7.82. The minimum atomic E-state index is -0.870. The van der Waals surface area contributed by atoms with Crippen molar-refractivity contribution in [2.24, 2.45) is 0 Å². The molecule has 0 bridgehead atoms. The number of aliphatic hydroxyl groups is 1. The molecule has 0 aliphatic carbocycles.